The van der Waals surface area contributed by atoms with E-state index < -0.39 is 4.92 Å². The Labute approximate surface area is 157 Å². The number of hydrogen-bond donors (Lipinski definition) is 2. The first-order valence-electron chi connectivity index (χ1n) is 8.66. The Morgan fingerprint density at radius 1 is 1.04 bits per heavy atom. The minimum Gasteiger partial charge on any atom is -0.364 e. The number of hydrogen-bond acceptors (Lipinski definition) is 6. The van der Waals surface area contributed by atoms with E-state index in [2.05, 4.69) is 20.6 Å². The summed E-state index contributed by atoms with van der Waals surface area (Å²) in [6, 6.07) is 15.8. The normalized spacial score (nSPS) is 10.4. The standard InChI is InChI=1S/C20H21N5O2/c1-14-8-9-17(15(2)12-14)24-20-18(25(26)27)19(22-13-23-20)21-11-10-16-6-4-3-5-7-16/h3-9,12-13H,10-11H2,1-2H3,(H2,21,22,23,24). The third kappa shape index (κ3) is 4.58. The van der Waals surface area contributed by atoms with Crippen molar-refractivity contribution >= 4 is 23.0 Å². The fraction of sp³-hybridized carbons (Fsp3) is 0.200. The lowest BCUT2D eigenvalue weighted by molar-refractivity contribution is -0.383. The van der Waals surface area contributed by atoms with E-state index >= 15 is 0 Å². The van der Waals surface area contributed by atoms with Crippen molar-refractivity contribution in [1.29, 1.82) is 0 Å². The quantitative estimate of drug-likeness (QED) is 0.477. The van der Waals surface area contributed by atoms with E-state index in [9.17, 15) is 10.1 Å². The lowest BCUT2D eigenvalue weighted by atomic mass is 10.1. The number of nitro groups is 1. The van der Waals surface area contributed by atoms with Gasteiger partial charge in [0.15, 0.2) is 0 Å². The lowest BCUT2D eigenvalue weighted by Crippen LogP contribution is -2.11. The van der Waals surface area contributed by atoms with Gasteiger partial charge in [0, 0.05) is 12.2 Å². The summed E-state index contributed by atoms with van der Waals surface area (Å²) >= 11 is 0. The van der Waals surface area contributed by atoms with Crippen molar-refractivity contribution in [3.05, 3.63) is 81.7 Å². The van der Waals surface area contributed by atoms with Gasteiger partial charge in [-0.1, -0.05) is 48.0 Å². The maximum Gasteiger partial charge on any atom is 0.353 e. The van der Waals surface area contributed by atoms with Crippen LogP contribution in [0.2, 0.25) is 0 Å². The summed E-state index contributed by atoms with van der Waals surface area (Å²) < 4.78 is 0. The zero-order valence-electron chi connectivity index (χ0n) is 15.3. The van der Waals surface area contributed by atoms with Crippen molar-refractivity contribution in [2.45, 2.75) is 20.3 Å². The number of aromatic nitrogens is 2. The molecule has 0 radical (unpaired) electrons. The molecule has 2 aromatic carbocycles. The molecule has 0 atom stereocenters. The molecule has 1 aromatic heterocycles. The van der Waals surface area contributed by atoms with Gasteiger partial charge in [-0.15, -0.1) is 0 Å². The third-order valence-electron chi connectivity index (χ3n) is 4.19. The van der Waals surface area contributed by atoms with Gasteiger partial charge in [0.05, 0.1) is 4.92 Å². The van der Waals surface area contributed by atoms with E-state index in [1.54, 1.807) is 0 Å². The van der Waals surface area contributed by atoms with Gasteiger partial charge >= 0.3 is 5.69 Å². The van der Waals surface area contributed by atoms with E-state index in [-0.39, 0.29) is 17.3 Å². The maximum atomic E-state index is 11.7. The van der Waals surface area contributed by atoms with E-state index in [1.165, 1.54) is 6.33 Å². The second kappa shape index (κ2) is 8.27. The van der Waals surface area contributed by atoms with E-state index in [0.717, 1.165) is 28.8 Å². The van der Waals surface area contributed by atoms with Gasteiger partial charge in [0.25, 0.3) is 0 Å². The molecule has 0 amide bonds. The van der Waals surface area contributed by atoms with Crippen LogP contribution in [0, 0.1) is 24.0 Å². The summed E-state index contributed by atoms with van der Waals surface area (Å²) in [6.07, 6.45) is 2.06. The molecule has 0 aliphatic rings. The zero-order valence-corrected chi connectivity index (χ0v) is 15.3. The largest absolute Gasteiger partial charge is 0.364 e. The molecule has 1 heterocycles. The SMILES string of the molecule is Cc1ccc(Nc2ncnc(NCCc3ccccc3)c2[N+](=O)[O-])c(C)c1. The fourth-order valence-electron chi connectivity index (χ4n) is 2.82. The number of anilines is 3. The Balaban J connectivity index is 1.80. The van der Waals surface area contributed by atoms with Crippen molar-refractivity contribution in [1.82, 2.24) is 9.97 Å². The molecule has 0 saturated carbocycles. The molecule has 0 fully saturated rings. The van der Waals surface area contributed by atoms with Crippen LogP contribution in [0.15, 0.2) is 54.9 Å². The molecular formula is C20H21N5O2. The van der Waals surface area contributed by atoms with Gasteiger partial charge in [-0.3, -0.25) is 10.1 Å². The number of nitrogens with zero attached hydrogens (tertiary/aromatic N) is 3. The second-order valence-corrected chi connectivity index (χ2v) is 6.28. The molecule has 0 saturated heterocycles. The molecule has 138 valence electrons. The van der Waals surface area contributed by atoms with Crippen molar-refractivity contribution in [2.75, 3.05) is 17.2 Å². The molecule has 0 spiro atoms. The van der Waals surface area contributed by atoms with Crippen molar-refractivity contribution in [2.24, 2.45) is 0 Å². The van der Waals surface area contributed by atoms with Gasteiger partial charge in [-0.05, 0) is 37.5 Å². The molecule has 3 aromatic rings. The topological polar surface area (TPSA) is 93.0 Å². The highest BCUT2D eigenvalue weighted by atomic mass is 16.6. The van der Waals surface area contributed by atoms with E-state index in [1.807, 2.05) is 62.4 Å². The monoisotopic (exact) mass is 363 g/mol. The number of benzene rings is 2. The Bertz CT molecular complexity index is 944. The molecule has 7 heteroatoms. The van der Waals surface area contributed by atoms with Crippen molar-refractivity contribution in [3.63, 3.8) is 0 Å². The molecule has 0 bridgehead atoms. The van der Waals surface area contributed by atoms with Gasteiger partial charge in [0.2, 0.25) is 11.6 Å². The highest BCUT2D eigenvalue weighted by Gasteiger charge is 2.23. The number of rotatable bonds is 7. The van der Waals surface area contributed by atoms with Crippen LogP contribution in [0.3, 0.4) is 0 Å². The first-order valence-corrected chi connectivity index (χ1v) is 8.66. The number of nitrogens with one attached hydrogen (secondary N) is 2. The zero-order chi connectivity index (χ0) is 19.2. The van der Waals surface area contributed by atoms with Gasteiger partial charge < -0.3 is 10.6 Å². The number of aryl methyl sites for hydroxylation is 2. The van der Waals surface area contributed by atoms with Crippen LogP contribution in [-0.4, -0.2) is 21.4 Å². The molecule has 3 rings (SSSR count). The molecule has 2 N–H and O–H groups in total. The predicted molar refractivity (Wildman–Crippen MR) is 107 cm³/mol. The summed E-state index contributed by atoms with van der Waals surface area (Å²) in [4.78, 5) is 19.3. The van der Waals surface area contributed by atoms with Crippen LogP contribution in [0.5, 0.6) is 0 Å². The second-order valence-electron chi connectivity index (χ2n) is 6.28. The maximum absolute atomic E-state index is 11.7. The predicted octanol–water partition coefficient (Wildman–Crippen LogP) is 4.40. The fourth-order valence-corrected chi connectivity index (χ4v) is 2.82. The Kier molecular flexibility index (Phi) is 5.61. The molecule has 0 aliphatic heterocycles. The summed E-state index contributed by atoms with van der Waals surface area (Å²) in [5.74, 6) is 0.377. The average Bonchev–Trinajstić information content (AvgIpc) is 2.65. The first-order chi connectivity index (χ1) is 13.0. The van der Waals surface area contributed by atoms with Gasteiger partial charge in [-0.25, -0.2) is 9.97 Å². The highest BCUT2D eigenvalue weighted by Crippen LogP contribution is 2.32. The van der Waals surface area contributed by atoms with Crippen LogP contribution in [-0.2, 0) is 6.42 Å². The van der Waals surface area contributed by atoms with Crippen LogP contribution in [0.4, 0.5) is 23.0 Å². The summed E-state index contributed by atoms with van der Waals surface area (Å²) in [5, 5.41) is 17.8. The average molecular weight is 363 g/mol. The van der Waals surface area contributed by atoms with Crippen LogP contribution < -0.4 is 10.6 Å². The molecule has 27 heavy (non-hydrogen) atoms. The van der Waals surface area contributed by atoms with Crippen LogP contribution in [0.25, 0.3) is 0 Å². The Hall–Kier alpha value is -3.48. The first kappa shape index (κ1) is 18.3. The van der Waals surface area contributed by atoms with Crippen LogP contribution >= 0.6 is 0 Å². The smallest absolute Gasteiger partial charge is 0.353 e. The van der Waals surface area contributed by atoms with Crippen LogP contribution in [0.1, 0.15) is 16.7 Å². The molecule has 7 nitrogen and oxygen atoms in total. The Morgan fingerprint density at radius 3 is 2.48 bits per heavy atom. The summed E-state index contributed by atoms with van der Waals surface area (Å²) in [5.41, 5.74) is 3.87. The minimum absolute atomic E-state index is 0.162. The molecule has 0 unspecified atom stereocenters. The lowest BCUT2D eigenvalue weighted by Gasteiger charge is -2.12. The minimum atomic E-state index is -0.462. The highest BCUT2D eigenvalue weighted by molar-refractivity contribution is 5.74. The van der Waals surface area contributed by atoms with E-state index in [0.29, 0.717) is 6.54 Å². The van der Waals surface area contributed by atoms with Gasteiger partial charge in [0.1, 0.15) is 6.33 Å². The molecular weight excluding hydrogens is 342 g/mol. The molecule has 0 aliphatic carbocycles. The van der Waals surface area contributed by atoms with Crippen molar-refractivity contribution in [3.8, 4) is 0 Å². The Morgan fingerprint density at radius 2 is 1.78 bits per heavy atom. The van der Waals surface area contributed by atoms with Gasteiger partial charge in [-0.2, -0.15) is 0 Å². The van der Waals surface area contributed by atoms with Crippen molar-refractivity contribution < 1.29 is 4.92 Å². The summed E-state index contributed by atoms with van der Waals surface area (Å²) in [7, 11) is 0. The third-order valence-corrected chi connectivity index (χ3v) is 4.19. The summed E-state index contributed by atoms with van der Waals surface area (Å²) in [6.45, 7) is 4.48. The van der Waals surface area contributed by atoms with E-state index in [4.69, 9.17) is 0 Å².